The van der Waals surface area contributed by atoms with Gasteiger partial charge in [-0.05, 0) is 26.8 Å². The summed E-state index contributed by atoms with van der Waals surface area (Å²) in [4.78, 5) is 4.32. The Morgan fingerprint density at radius 3 is 2.83 bits per heavy atom. The predicted octanol–water partition coefficient (Wildman–Crippen LogP) is 3.48. The highest BCUT2D eigenvalue weighted by Crippen LogP contribution is 2.16. The molecule has 1 nitrogen and oxygen atoms in total. The van der Waals surface area contributed by atoms with E-state index in [4.69, 9.17) is 11.6 Å². The average Bonchev–Trinajstić information content (AvgIpc) is 2.35. The summed E-state index contributed by atoms with van der Waals surface area (Å²) in [6.45, 7) is 5.98. The number of aryl methyl sites for hydroxylation is 1. The zero-order valence-corrected chi connectivity index (χ0v) is 9.04. The van der Waals surface area contributed by atoms with Gasteiger partial charge in [0.05, 0.1) is 5.38 Å². The molecule has 0 N–H and O–H groups in total. The molecule has 1 heterocycles. The van der Waals surface area contributed by atoms with E-state index in [-0.39, 0.29) is 5.38 Å². The van der Waals surface area contributed by atoms with Gasteiger partial charge in [-0.1, -0.05) is 5.57 Å². The summed E-state index contributed by atoms with van der Waals surface area (Å²) in [6.07, 6.45) is 2.04. The molecule has 1 aromatic rings. The van der Waals surface area contributed by atoms with Crippen molar-refractivity contribution in [2.45, 2.75) is 26.1 Å². The fourth-order valence-electron chi connectivity index (χ4n) is 0.748. The lowest BCUT2D eigenvalue weighted by Gasteiger charge is -1.99. The Kier molecular flexibility index (Phi) is 3.29. The van der Waals surface area contributed by atoms with Gasteiger partial charge < -0.3 is 0 Å². The summed E-state index contributed by atoms with van der Waals surface area (Å²) in [5.74, 6) is 0. The number of nitrogens with zero attached hydrogens (tertiary/aromatic N) is 1. The van der Waals surface area contributed by atoms with Gasteiger partial charge in [0.25, 0.3) is 0 Å². The quantitative estimate of drug-likeness (QED) is 0.668. The molecule has 1 atom stereocenters. The van der Waals surface area contributed by atoms with Crippen molar-refractivity contribution >= 4 is 29.0 Å². The van der Waals surface area contributed by atoms with Crippen LogP contribution in [-0.2, 0) is 0 Å². The van der Waals surface area contributed by atoms with Crippen molar-refractivity contribution in [1.82, 2.24) is 4.98 Å². The van der Waals surface area contributed by atoms with Crippen LogP contribution in [0, 0.1) is 6.92 Å². The lowest BCUT2D eigenvalue weighted by Crippen LogP contribution is -1.91. The summed E-state index contributed by atoms with van der Waals surface area (Å²) in [5, 5.41) is 3.17. The molecule has 1 rings (SSSR count). The van der Waals surface area contributed by atoms with Gasteiger partial charge in [0.2, 0.25) is 0 Å². The van der Waals surface area contributed by atoms with Gasteiger partial charge in [0, 0.05) is 11.1 Å². The molecule has 12 heavy (non-hydrogen) atoms. The molecule has 0 aliphatic rings. The van der Waals surface area contributed by atoms with Crippen molar-refractivity contribution in [3.63, 3.8) is 0 Å². The first-order valence-corrected chi connectivity index (χ1v) is 5.15. The highest BCUT2D eigenvalue weighted by atomic mass is 35.5. The van der Waals surface area contributed by atoms with Crippen molar-refractivity contribution in [3.8, 4) is 0 Å². The molecule has 0 aliphatic carbocycles. The molecule has 0 saturated carbocycles. The van der Waals surface area contributed by atoms with E-state index in [1.165, 1.54) is 0 Å². The van der Waals surface area contributed by atoms with Crippen molar-refractivity contribution in [1.29, 1.82) is 0 Å². The molecule has 1 aromatic heterocycles. The number of hydrogen-bond acceptors (Lipinski definition) is 2. The van der Waals surface area contributed by atoms with Crippen LogP contribution in [-0.4, -0.2) is 10.4 Å². The largest absolute Gasteiger partial charge is 0.242 e. The van der Waals surface area contributed by atoms with E-state index in [1.807, 2.05) is 32.2 Å². The first-order chi connectivity index (χ1) is 5.59. The lowest BCUT2D eigenvalue weighted by molar-refractivity contribution is 1.12. The molecule has 0 radical (unpaired) electrons. The third-order valence-electron chi connectivity index (χ3n) is 1.62. The minimum Gasteiger partial charge on any atom is -0.242 e. The van der Waals surface area contributed by atoms with Crippen LogP contribution in [0.15, 0.2) is 11.0 Å². The molecule has 0 fully saturated rings. The summed E-state index contributed by atoms with van der Waals surface area (Å²) in [7, 11) is 0. The fraction of sp³-hybridized carbons (Fsp3) is 0.444. The maximum atomic E-state index is 5.89. The third-order valence-corrected chi connectivity index (χ3v) is 2.87. The van der Waals surface area contributed by atoms with E-state index in [2.05, 4.69) is 4.98 Å². The lowest BCUT2D eigenvalue weighted by atomic mass is 10.2. The number of rotatable bonds is 2. The van der Waals surface area contributed by atoms with Crippen LogP contribution in [0.5, 0.6) is 0 Å². The number of allylic oxidation sites excluding steroid dienone is 1. The fourth-order valence-corrected chi connectivity index (χ4v) is 1.61. The van der Waals surface area contributed by atoms with Crippen molar-refractivity contribution in [3.05, 3.63) is 21.7 Å². The first-order valence-electron chi connectivity index (χ1n) is 3.84. The average molecular weight is 202 g/mol. The second kappa shape index (κ2) is 4.06. The molecule has 0 aliphatic heterocycles. The van der Waals surface area contributed by atoms with Crippen LogP contribution in [0.2, 0.25) is 0 Å². The van der Waals surface area contributed by atoms with Crippen LogP contribution in [0.25, 0.3) is 6.08 Å². The van der Waals surface area contributed by atoms with E-state index >= 15 is 0 Å². The molecule has 1 unspecified atom stereocenters. The zero-order chi connectivity index (χ0) is 9.14. The van der Waals surface area contributed by atoms with E-state index in [0.717, 1.165) is 16.3 Å². The minimum atomic E-state index is 0.0919. The van der Waals surface area contributed by atoms with Crippen LogP contribution in [0.1, 0.15) is 24.5 Å². The Labute approximate surface area is 82.1 Å². The number of halogens is 1. The molecule has 66 valence electrons. The number of aromatic nitrogens is 1. The third kappa shape index (κ3) is 2.61. The molecule has 0 saturated heterocycles. The SMILES string of the molecule is C/C(=C\c1nc(C)cs1)C(C)Cl. The monoisotopic (exact) mass is 201 g/mol. The molecule has 0 spiro atoms. The summed E-state index contributed by atoms with van der Waals surface area (Å²) >= 11 is 7.54. The van der Waals surface area contributed by atoms with Crippen molar-refractivity contribution < 1.29 is 0 Å². The van der Waals surface area contributed by atoms with Crippen molar-refractivity contribution in [2.24, 2.45) is 0 Å². The topological polar surface area (TPSA) is 12.9 Å². The predicted molar refractivity (Wildman–Crippen MR) is 55.8 cm³/mol. The maximum Gasteiger partial charge on any atom is 0.116 e. The molecule has 0 amide bonds. The number of hydrogen-bond donors (Lipinski definition) is 0. The van der Waals surface area contributed by atoms with E-state index in [1.54, 1.807) is 11.3 Å². The van der Waals surface area contributed by atoms with Gasteiger partial charge in [-0.25, -0.2) is 4.98 Å². The van der Waals surface area contributed by atoms with Crippen LogP contribution in [0.3, 0.4) is 0 Å². The normalized spacial score (nSPS) is 14.8. The van der Waals surface area contributed by atoms with Crippen LogP contribution in [0.4, 0.5) is 0 Å². The van der Waals surface area contributed by atoms with Gasteiger partial charge in [-0.3, -0.25) is 0 Å². The van der Waals surface area contributed by atoms with Crippen LogP contribution < -0.4 is 0 Å². The Balaban J connectivity index is 2.80. The van der Waals surface area contributed by atoms with E-state index < -0.39 is 0 Å². The number of alkyl halides is 1. The van der Waals surface area contributed by atoms with Crippen LogP contribution >= 0.6 is 22.9 Å². The van der Waals surface area contributed by atoms with Crippen molar-refractivity contribution in [2.75, 3.05) is 0 Å². The smallest absolute Gasteiger partial charge is 0.116 e. The standard InChI is InChI=1S/C9H12ClNS/c1-6(8(3)10)4-9-11-7(2)5-12-9/h4-5,8H,1-3H3/b6-4+. The van der Waals surface area contributed by atoms with Gasteiger partial charge in [-0.2, -0.15) is 0 Å². The molecule has 3 heteroatoms. The highest BCUT2D eigenvalue weighted by molar-refractivity contribution is 7.10. The Bertz CT molecular complexity index is 288. The van der Waals surface area contributed by atoms with Gasteiger partial charge in [-0.15, -0.1) is 22.9 Å². The van der Waals surface area contributed by atoms with Gasteiger partial charge >= 0.3 is 0 Å². The van der Waals surface area contributed by atoms with E-state index in [0.29, 0.717) is 0 Å². The van der Waals surface area contributed by atoms with E-state index in [9.17, 15) is 0 Å². The molecule has 0 aromatic carbocycles. The summed E-state index contributed by atoms with van der Waals surface area (Å²) < 4.78 is 0. The first kappa shape index (κ1) is 9.75. The summed E-state index contributed by atoms with van der Waals surface area (Å²) in [6, 6.07) is 0. The Morgan fingerprint density at radius 1 is 1.75 bits per heavy atom. The molecular weight excluding hydrogens is 190 g/mol. The Morgan fingerprint density at radius 2 is 2.42 bits per heavy atom. The molecular formula is C9H12ClNS. The zero-order valence-electron chi connectivity index (χ0n) is 7.47. The minimum absolute atomic E-state index is 0.0919. The van der Waals surface area contributed by atoms with Gasteiger partial charge in [0.1, 0.15) is 5.01 Å². The summed E-state index contributed by atoms with van der Waals surface area (Å²) in [5.41, 5.74) is 2.23. The second-order valence-electron chi connectivity index (χ2n) is 2.83. The van der Waals surface area contributed by atoms with Gasteiger partial charge in [0.15, 0.2) is 0 Å². The maximum absolute atomic E-state index is 5.89. The highest BCUT2D eigenvalue weighted by Gasteiger charge is 2.00. The number of thiazole rings is 1. The molecule has 0 bridgehead atoms. The second-order valence-corrected chi connectivity index (χ2v) is 4.38. The Hall–Kier alpha value is -0.340.